The lowest BCUT2D eigenvalue weighted by atomic mass is 10.2. The molecule has 3 nitrogen and oxygen atoms in total. The van der Waals surface area contributed by atoms with Crippen molar-refractivity contribution in [3.63, 3.8) is 0 Å². The summed E-state index contributed by atoms with van der Waals surface area (Å²) in [4.78, 5) is 4.62. The fourth-order valence-corrected chi connectivity index (χ4v) is 1.92. The predicted octanol–water partition coefficient (Wildman–Crippen LogP) is 2.75. The SMILES string of the molecule is COCCCCNCc1ccc2ccccc2n1. The number of nitrogens with one attached hydrogen (secondary N) is 1. The van der Waals surface area contributed by atoms with Crippen LogP contribution in [0.25, 0.3) is 10.9 Å². The minimum absolute atomic E-state index is 0.831. The molecule has 1 aromatic heterocycles. The van der Waals surface area contributed by atoms with Crippen molar-refractivity contribution >= 4 is 10.9 Å². The predicted molar refractivity (Wildman–Crippen MR) is 74.6 cm³/mol. The zero-order valence-corrected chi connectivity index (χ0v) is 10.9. The maximum absolute atomic E-state index is 5.01. The maximum Gasteiger partial charge on any atom is 0.0705 e. The standard InChI is InChI=1S/C15H20N2O/c1-18-11-5-4-10-16-12-14-9-8-13-6-2-3-7-15(13)17-14/h2-3,6-9,16H,4-5,10-12H2,1H3. The summed E-state index contributed by atoms with van der Waals surface area (Å²) in [5, 5.41) is 4.60. The summed E-state index contributed by atoms with van der Waals surface area (Å²) in [6, 6.07) is 12.4. The molecule has 96 valence electrons. The van der Waals surface area contributed by atoms with E-state index in [2.05, 4.69) is 34.6 Å². The number of benzene rings is 1. The topological polar surface area (TPSA) is 34.1 Å². The summed E-state index contributed by atoms with van der Waals surface area (Å²) in [5.41, 5.74) is 2.16. The molecular weight excluding hydrogens is 224 g/mol. The van der Waals surface area contributed by atoms with Gasteiger partial charge in [-0.2, -0.15) is 0 Å². The lowest BCUT2D eigenvalue weighted by Gasteiger charge is -2.05. The van der Waals surface area contributed by atoms with Crippen molar-refractivity contribution in [3.8, 4) is 0 Å². The first kappa shape index (κ1) is 13.0. The molecule has 0 aliphatic carbocycles. The van der Waals surface area contributed by atoms with E-state index in [-0.39, 0.29) is 0 Å². The summed E-state index contributed by atoms with van der Waals surface area (Å²) in [6.45, 7) is 2.69. The van der Waals surface area contributed by atoms with Gasteiger partial charge in [-0.05, 0) is 31.5 Å². The van der Waals surface area contributed by atoms with Crippen LogP contribution in [0.5, 0.6) is 0 Å². The summed E-state index contributed by atoms with van der Waals surface area (Å²) in [5.74, 6) is 0. The molecule has 0 spiro atoms. The Labute approximate surface area is 108 Å². The van der Waals surface area contributed by atoms with E-state index >= 15 is 0 Å². The molecule has 3 heteroatoms. The largest absolute Gasteiger partial charge is 0.385 e. The number of unbranched alkanes of at least 4 members (excludes halogenated alkanes) is 1. The Bertz CT molecular complexity index is 485. The van der Waals surface area contributed by atoms with Crippen molar-refractivity contribution in [1.29, 1.82) is 0 Å². The van der Waals surface area contributed by atoms with Crippen LogP contribution in [0.3, 0.4) is 0 Å². The average Bonchev–Trinajstić information content (AvgIpc) is 2.42. The number of aromatic nitrogens is 1. The molecule has 1 heterocycles. The second-order valence-corrected chi connectivity index (χ2v) is 4.37. The number of fused-ring (bicyclic) bond motifs is 1. The molecular formula is C15H20N2O. The van der Waals surface area contributed by atoms with Gasteiger partial charge in [-0.1, -0.05) is 24.3 Å². The Hall–Kier alpha value is -1.45. The molecule has 0 saturated carbocycles. The van der Waals surface area contributed by atoms with E-state index in [1.807, 2.05) is 12.1 Å². The van der Waals surface area contributed by atoms with Crippen molar-refractivity contribution in [1.82, 2.24) is 10.3 Å². The third-order valence-corrected chi connectivity index (χ3v) is 2.91. The Morgan fingerprint density at radius 1 is 1.11 bits per heavy atom. The third-order valence-electron chi connectivity index (χ3n) is 2.91. The average molecular weight is 244 g/mol. The van der Waals surface area contributed by atoms with Gasteiger partial charge >= 0.3 is 0 Å². The fraction of sp³-hybridized carbons (Fsp3) is 0.400. The van der Waals surface area contributed by atoms with Gasteiger partial charge in [0.25, 0.3) is 0 Å². The molecule has 1 N–H and O–H groups in total. The van der Waals surface area contributed by atoms with Crippen molar-refractivity contribution in [2.75, 3.05) is 20.3 Å². The lowest BCUT2D eigenvalue weighted by molar-refractivity contribution is 0.192. The molecule has 1 aromatic carbocycles. The minimum Gasteiger partial charge on any atom is -0.385 e. The molecule has 18 heavy (non-hydrogen) atoms. The molecule has 2 rings (SSSR count). The molecule has 0 aliphatic heterocycles. The lowest BCUT2D eigenvalue weighted by Crippen LogP contribution is -2.16. The van der Waals surface area contributed by atoms with Crippen LogP contribution in [0.2, 0.25) is 0 Å². The molecule has 0 fully saturated rings. The second-order valence-electron chi connectivity index (χ2n) is 4.37. The molecule has 0 amide bonds. The van der Waals surface area contributed by atoms with Gasteiger partial charge in [-0.3, -0.25) is 4.98 Å². The van der Waals surface area contributed by atoms with E-state index in [0.717, 1.165) is 43.7 Å². The van der Waals surface area contributed by atoms with E-state index in [1.54, 1.807) is 7.11 Å². The van der Waals surface area contributed by atoms with Crippen molar-refractivity contribution in [2.45, 2.75) is 19.4 Å². The molecule has 0 aliphatic rings. The third kappa shape index (κ3) is 3.79. The zero-order valence-electron chi connectivity index (χ0n) is 10.9. The molecule has 0 unspecified atom stereocenters. The fourth-order valence-electron chi connectivity index (χ4n) is 1.92. The highest BCUT2D eigenvalue weighted by Gasteiger charge is 1.97. The summed E-state index contributed by atoms with van der Waals surface area (Å²) in [7, 11) is 1.74. The maximum atomic E-state index is 5.01. The normalized spacial score (nSPS) is 10.9. The van der Waals surface area contributed by atoms with Crippen LogP contribution in [0.1, 0.15) is 18.5 Å². The summed E-state index contributed by atoms with van der Waals surface area (Å²) in [6.07, 6.45) is 2.25. The van der Waals surface area contributed by atoms with Crippen molar-refractivity contribution in [2.24, 2.45) is 0 Å². The van der Waals surface area contributed by atoms with Crippen LogP contribution < -0.4 is 5.32 Å². The molecule has 0 atom stereocenters. The second kappa shape index (κ2) is 7.09. The van der Waals surface area contributed by atoms with Crippen LogP contribution in [-0.4, -0.2) is 25.2 Å². The number of methoxy groups -OCH3 is 1. The zero-order chi connectivity index (χ0) is 12.6. The van der Waals surface area contributed by atoms with Gasteiger partial charge in [-0.15, -0.1) is 0 Å². The van der Waals surface area contributed by atoms with Gasteiger partial charge in [0.15, 0.2) is 0 Å². The highest BCUT2D eigenvalue weighted by Crippen LogP contribution is 2.11. The summed E-state index contributed by atoms with van der Waals surface area (Å²) < 4.78 is 5.01. The van der Waals surface area contributed by atoms with E-state index in [0.29, 0.717) is 0 Å². The highest BCUT2D eigenvalue weighted by molar-refractivity contribution is 5.78. The molecule has 0 radical (unpaired) electrons. The number of nitrogens with zero attached hydrogens (tertiary/aromatic N) is 1. The van der Waals surface area contributed by atoms with E-state index in [9.17, 15) is 0 Å². The first-order chi connectivity index (χ1) is 8.90. The monoisotopic (exact) mass is 244 g/mol. The van der Waals surface area contributed by atoms with Crippen LogP contribution in [-0.2, 0) is 11.3 Å². The Balaban J connectivity index is 1.81. The quantitative estimate of drug-likeness (QED) is 0.760. The van der Waals surface area contributed by atoms with Crippen LogP contribution in [0.15, 0.2) is 36.4 Å². The minimum atomic E-state index is 0.831. The Morgan fingerprint density at radius 3 is 2.89 bits per heavy atom. The van der Waals surface area contributed by atoms with Gasteiger partial charge in [0.05, 0.1) is 11.2 Å². The van der Waals surface area contributed by atoms with E-state index in [4.69, 9.17) is 4.74 Å². The van der Waals surface area contributed by atoms with E-state index < -0.39 is 0 Å². The molecule has 0 saturated heterocycles. The summed E-state index contributed by atoms with van der Waals surface area (Å²) >= 11 is 0. The van der Waals surface area contributed by atoms with Crippen molar-refractivity contribution < 1.29 is 4.74 Å². The Morgan fingerprint density at radius 2 is 2.00 bits per heavy atom. The number of hydrogen-bond donors (Lipinski definition) is 1. The highest BCUT2D eigenvalue weighted by atomic mass is 16.5. The van der Waals surface area contributed by atoms with Gasteiger partial charge in [0, 0.05) is 25.6 Å². The number of ether oxygens (including phenoxy) is 1. The van der Waals surface area contributed by atoms with E-state index in [1.165, 1.54) is 5.39 Å². The van der Waals surface area contributed by atoms with Gasteiger partial charge < -0.3 is 10.1 Å². The first-order valence-electron chi connectivity index (χ1n) is 6.44. The van der Waals surface area contributed by atoms with Crippen molar-refractivity contribution in [3.05, 3.63) is 42.1 Å². The molecule has 0 bridgehead atoms. The van der Waals surface area contributed by atoms with Gasteiger partial charge in [0.2, 0.25) is 0 Å². The smallest absolute Gasteiger partial charge is 0.0705 e. The van der Waals surface area contributed by atoms with Crippen LogP contribution in [0.4, 0.5) is 0 Å². The van der Waals surface area contributed by atoms with Gasteiger partial charge in [-0.25, -0.2) is 0 Å². The van der Waals surface area contributed by atoms with Crippen LogP contribution >= 0.6 is 0 Å². The number of hydrogen-bond acceptors (Lipinski definition) is 3. The first-order valence-corrected chi connectivity index (χ1v) is 6.44. The van der Waals surface area contributed by atoms with Gasteiger partial charge in [0.1, 0.15) is 0 Å². The number of pyridine rings is 1. The number of para-hydroxylation sites is 1. The Kier molecular flexibility index (Phi) is 5.12. The number of rotatable bonds is 7. The van der Waals surface area contributed by atoms with Crippen LogP contribution in [0, 0.1) is 0 Å². The molecule has 2 aromatic rings.